The normalized spacial score (nSPS) is 14.9. The molecule has 1 aromatic heterocycles. The fourth-order valence-electron chi connectivity index (χ4n) is 4.45. The fourth-order valence-corrected chi connectivity index (χ4v) is 4.45. The molecule has 0 saturated heterocycles. The number of para-hydroxylation sites is 2. The Morgan fingerprint density at radius 1 is 1.10 bits per heavy atom. The molecular weight excluding hydrogens is 358 g/mol. The maximum atomic E-state index is 12.4. The Morgan fingerprint density at radius 3 is 2.76 bits per heavy atom. The summed E-state index contributed by atoms with van der Waals surface area (Å²) >= 11 is 0. The summed E-state index contributed by atoms with van der Waals surface area (Å²) in [6, 6.07) is 17.0. The molecule has 0 atom stereocenters. The summed E-state index contributed by atoms with van der Waals surface area (Å²) in [5.41, 5.74) is 4.79. The second kappa shape index (κ2) is 9.25. The monoisotopic (exact) mass is 389 g/mol. The van der Waals surface area contributed by atoms with Crippen LogP contribution in [-0.4, -0.2) is 22.0 Å². The van der Waals surface area contributed by atoms with E-state index in [1.807, 2.05) is 6.07 Å². The van der Waals surface area contributed by atoms with E-state index in [2.05, 4.69) is 59.3 Å². The Balaban J connectivity index is 1.42. The molecule has 29 heavy (non-hydrogen) atoms. The number of carbonyl (C=O) groups is 1. The third kappa shape index (κ3) is 4.87. The summed E-state index contributed by atoms with van der Waals surface area (Å²) in [7, 11) is 0. The van der Waals surface area contributed by atoms with Gasteiger partial charge in [-0.15, -0.1) is 0 Å². The Kier molecular flexibility index (Phi) is 6.28. The lowest BCUT2D eigenvalue weighted by Crippen LogP contribution is -2.32. The van der Waals surface area contributed by atoms with Crippen molar-refractivity contribution < 1.29 is 4.79 Å². The molecule has 1 aliphatic carbocycles. The summed E-state index contributed by atoms with van der Waals surface area (Å²) < 4.78 is 2.33. The van der Waals surface area contributed by atoms with Crippen molar-refractivity contribution in [2.24, 2.45) is 5.92 Å². The van der Waals surface area contributed by atoms with Gasteiger partial charge in [0.15, 0.2) is 0 Å². The first-order valence-corrected chi connectivity index (χ1v) is 11.0. The molecule has 152 valence electrons. The number of rotatable bonds is 7. The van der Waals surface area contributed by atoms with Crippen molar-refractivity contribution in [1.29, 1.82) is 0 Å². The zero-order valence-corrected chi connectivity index (χ0v) is 17.4. The van der Waals surface area contributed by atoms with Crippen molar-refractivity contribution in [3.63, 3.8) is 0 Å². The first-order chi connectivity index (χ1) is 14.2. The first kappa shape index (κ1) is 19.7. The number of nitrogens with one attached hydrogen (secondary N) is 1. The molecule has 0 unspecified atom stereocenters. The van der Waals surface area contributed by atoms with E-state index in [0.717, 1.165) is 50.1 Å². The van der Waals surface area contributed by atoms with Crippen LogP contribution >= 0.6 is 0 Å². The molecule has 1 heterocycles. The van der Waals surface area contributed by atoms with Crippen molar-refractivity contribution in [2.75, 3.05) is 6.54 Å². The van der Waals surface area contributed by atoms with E-state index in [9.17, 15) is 4.79 Å². The van der Waals surface area contributed by atoms with E-state index in [1.165, 1.54) is 35.9 Å². The maximum Gasteiger partial charge on any atom is 0.223 e. The quantitative estimate of drug-likeness (QED) is 0.577. The van der Waals surface area contributed by atoms with Gasteiger partial charge in [0.1, 0.15) is 5.82 Å². The van der Waals surface area contributed by atoms with Crippen molar-refractivity contribution in [3.05, 3.63) is 65.5 Å². The van der Waals surface area contributed by atoms with Gasteiger partial charge in [-0.1, -0.05) is 61.2 Å². The molecule has 3 aromatic rings. The second-order valence-electron chi connectivity index (χ2n) is 8.32. The topological polar surface area (TPSA) is 46.9 Å². The Bertz CT molecular complexity index is 969. The minimum atomic E-state index is 0.231. The van der Waals surface area contributed by atoms with Gasteiger partial charge in [0.2, 0.25) is 5.91 Å². The molecule has 0 spiro atoms. The number of hydrogen-bond acceptors (Lipinski definition) is 2. The molecule has 0 bridgehead atoms. The van der Waals surface area contributed by atoms with Crippen LogP contribution in [0.3, 0.4) is 0 Å². The van der Waals surface area contributed by atoms with Crippen LogP contribution in [0.25, 0.3) is 11.0 Å². The van der Waals surface area contributed by atoms with Crippen molar-refractivity contribution in [3.8, 4) is 0 Å². The minimum absolute atomic E-state index is 0.231. The van der Waals surface area contributed by atoms with Crippen LogP contribution in [0.15, 0.2) is 48.5 Å². The molecule has 0 radical (unpaired) electrons. The number of amides is 1. The van der Waals surface area contributed by atoms with Crippen LogP contribution in [0.4, 0.5) is 0 Å². The number of hydrogen-bond donors (Lipinski definition) is 1. The van der Waals surface area contributed by atoms with Gasteiger partial charge in [0.25, 0.3) is 0 Å². The molecular formula is C25H31N3O. The SMILES string of the molecule is Cc1cccc(Cn2c(CCCNC(=O)C3CCCCC3)nc3ccccc32)c1. The molecule has 1 amide bonds. The van der Waals surface area contributed by atoms with Crippen molar-refractivity contribution >= 4 is 16.9 Å². The minimum Gasteiger partial charge on any atom is -0.356 e. The second-order valence-corrected chi connectivity index (χ2v) is 8.32. The highest BCUT2D eigenvalue weighted by Gasteiger charge is 2.20. The van der Waals surface area contributed by atoms with Crippen LogP contribution in [0.1, 0.15) is 55.5 Å². The zero-order chi connectivity index (χ0) is 20.1. The number of imidazole rings is 1. The third-order valence-corrected chi connectivity index (χ3v) is 6.01. The summed E-state index contributed by atoms with van der Waals surface area (Å²) in [4.78, 5) is 17.2. The number of fused-ring (bicyclic) bond motifs is 1. The predicted octanol–water partition coefficient (Wildman–Crippen LogP) is 5.02. The fraction of sp³-hybridized carbons (Fsp3) is 0.440. The van der Waals surface area contributed by atoms with Gasteiger partial charge in [-0.25, -0.2) is 4.98 Å². The largest absolute Gasteiger partial charge is 0.356 e. The molecule has 2 aromatic carbocycles. The molecule has 4 nitrogen and oxygen atoms in total. The van der Waals surface area contributed by atoms with E-state index in [4.69, 9.17) is 4.98 Å². The van der Waals surface area contributed by atoms with Gasteiger partial charge in [-0.2, -0.15) is 0 Å². The number of nitrogens with zero attached hydrogens (tertiary/aromatic N) is 2. The average Bonchev–Trinajstić information content (AvgIpc) is 3.09. The van der Waals surface area contributed by atoms with Gasteiger partial charge in [-0.05, 0) is 43.9 Å². The van der Waals surface area contributed by atoms with Crippen LogP contribution in [0, 0.1) is 12.8 Å². The van der Waals surface area contributed by atoms with Crippen LogP contribution in [0.5, 0.6) is 0 Å². The molecule has 4 heteroatoms. The molecule has 1 N–H and O–H groups in total. The first-order valence-electron chi connectivity index (χ1n) is 11.0. The molecule has 0 aliphatic heterocycles. The van der Waals surface area contributed by atoms with E-state index in [1.54, 1.807) is 0 Å². The number of carbonyl (C=O) groups excluding carboxylic acids is 1. The van der Waals surface area contributed by atoms with Crippen LogP contribution in [-0.2, 0) is 17.8 Å². The smallest absolute Gasteiger partial charge is 0.223 e. The summed E-state index contributed by atoms with van der Waals surface area (Å²) in [5.74, 6) is 1.58. The Morgan fingerprint density at radius 2 is 1.93 bits per heavy atom. The molecule has 1 saturated carbocycles. The number of aromatic nitrogens is 2. The van der Waals surface area contributed by atoms with E-state index >= 15 is 0 Å². The highest BCUT2D eigenvalue weighted by atomic mass is 16.1. The Labute approximate surface area is 173 Å². The Hall–Kier alpha value is -2.62. The zero-order valence-electron chi connectivity index (χ0n) is 17.4. The van der Waals surface area contributed by atoms with Gasteiger partial charge >= 0.3 is 0 Å². The van der Waals surface area contributed by atoms with Crippen LogP contribution < -0.4 is 5.32 Å². The highest BCUT2D eigenvalue weighted by molar-refractivity contribution is 5.78. The lowest BCUT2D eigenvalue weighted by Gasteiger charge is -2.20. The average molecular weight is 390 g/mol. The highest BCUT2D eigenvalue weighted by Crippen LogP contribution is 2.23. The van der Waals surface area contributed by atoms with Gasteiger partial charge < -0.3 is 9.88 Å². The molecule has 1 aliphatic rings. The summed E-state index contributed by atoms with van der Waals surface area (Å²) in [5, 5.41) is 3.16. The summed E-state index contributed by atoms with van der Waals surface area (Å²) in [6.07, 6.45) is 7.56. The summed E-state index contributed by atoms with van der Waals surface area (Å²) in [6.45, 7) is 3.68. The van der Waals surface area contributed by atoms with Gasteiger partial charge in [0, 0.05) is 25.4 Å². The maximum absolute atomic E-state index is 12.4. The molecule has 1 fully saturated rings. The number of benzene rings is 2. The lowest BCUT2D eigenvalue weighted by molar-refractivity contribution is -0.125. The van der Waals surface area contributed by atoms with Crippen molar-refractivity contribution in [2.45, 2.75) is 58.4 Å². The van der Waals surface area contributed by atoms with E-state index < -0.39 is 0 Å². The van der Waals surface area contributed by atoms with Gasteiger partial charge in [0.05, 0.1) is 11.0 Å². The van der Waals surface area contributed by atoms with Crippen LogP contribution in [0.2, 0.25) is 0 Å². The predicted molar refractivity (Wildman–Crippen MR) is 118 cm³/mol. The third-order valence-electron chi connectivity index (χ3n) is 6.01. The number of aryl methyl sites for hydroxylation is 2. The van der Waals surface area contributed by atoms with E-state index in [0.29, 0.717) is 0 Å². The molecule has 4 rings (SSSR count). The van der Waals surface area contributed by atoms with E-state index in [-0.39, 0.29) is 11.8 Å². The lowest BCUT2D eigenvalue weighted by atomic mass is 9.89. The standard InChI is InChI=1S/C25H31N3O/c1-19-9-7-10-20(17-19)18-28-23-14-6-5-13-22(23)27-24(28)15-8-16-26-25(29)21-11-3-2-4-12-21/h5-7,9-10,13-14,17,21H,2-4,8,11-12,15-16,18H2,1H3,(H,26,29). The van der Waals surface area contributed by atoms with Crippen molar-refractivity contribution in [1.82, 2.24) is 14.9 Å². The van der Waals surface area contributed by atoms with Gasteiger partial charge in [-0.3, -0.25) is 4.79 Å².